The van der Waals surface area contributed by atoms with E-state index in [1.165, 1.54) is 17.0 Å². The molecule has 0 radical (unpaired) electrons. The van der Waals surface area contributed by atoms with Crippen LogP contribution < -0.4 is 15.6 Å². The number of rotatable bonds is 7. The van der Waals surface area contributed by atoms with Gasteiger partial charge in [-0.05, 0) is 36.4 Å². The van der Waals surface area contributed by atoms with Gasteiger partial charge in [-0.15, -0.1) is 0 Å². The van der Waals surface area contributed by atoms with E-state index in [1.54, 1.807) is 43.5 Å². The van der Waals surface area contributed by atoms with E-state index in [0.29, 0.717) is 22.6 Å². The van der Waals surface area contributed by atoms with E-state index in [9.17, 15) is 19.2 Å². The molecule has 3 amide bonds. The number of benzene rings is 2. The average Bonchev–Trinajstić information content (AvgIpc) is 3.05. The zero-order valence-electron chi connectivity index (χ0n) is 17.3. The first-order chi connectivity index (χ1) is 15.5. The van der Waals surface area contributed by atoms with Crippen molar-refractivity contribution in [2.45, 2.75) is 6.54 Å². The molecule has 32 heavy (non-hydrogen) atoms. The van der Waals surface area contributed by atoms with Crippen molar-refractivity contribution >= 4 is 17.7 Å². The summed E-state index contributed by atoms with van der Waals surface area (Å²) in [5, 5.41) is 2.63. The maximum atomic E-state index is 12.4. The molecule has 0 saturated heterocycles. The molecule has 1 aromatic heterocycles. The highest BCUT2D eigenvalue weighted by Gasteiger charge is 2.36. The molecule has 0 spiro atoms. The zero-order chi connectivity index (χ0) is 22.7. The van der Waals surface area contributed by atoms with Crippen molar-refractivity contribution in [2.24, 2.45) is 0 Å². The first-order valence-electron chi connectivity index (χ1n) is 9.91. The van der Waals surface area contributed by atoms with Gasteiger partial charge in [-0.1, -0.05) is 12.1 Å². The van der Waals surface area contributed by atoms with E-state index in [-0.39, 0.29) is 25.2 Å². The lowest BCUT2D eigenvalue weighted by atomic mass is 10.1. The highest BCUT2D eigenvalue weighted by Crippen LogP contribution is 2.22. The molecule has 1 N–H and O–H groups in total. The largest absolute Gasteiger partial charge is 0.497 e. The van der Waals surface area contributed by atoms with Crippen LogP contribution in [-0.4, -0.2) is 52.4 Å². The quantitative estimate of drug-likeness (QED) is 0.564. The van der Waals surface area contributed by atoms with E-state index in [4.69, 9.17) is 4.74 Å². The van der Waals surface area contributed by atoms with E-state index in [0.717, 1.165) is 10.5 Å². The predicted molar refractivity (Wildman–Crippen MR) is 115 cm³/mol. The van der Waals surface area contributed by atoms with Crippen LogP contribution in [-0.2, 0) is 11.3 Å². The van der Waals surface area contributed by atoms with Gasteiger partial charge in [-0.25, -0.2) is 4.98 Å². The number of hydrogen-bond acceptors (Lipinski definition) is 6. The molecule has 9 heteroatoms. The van der Waals surface area contributed by atoms with E-state index < -0.39 is 17.7 Å². The lowest BCUT2D eigenvalue weighted by molar-refractivity contribution is -0.121. The molecule has 162 valence electrons. The van der Waals surface area contributed by atoms with Gasteiger partial charge in [0.2, 0.25) is 5.91 Å². The minimum atomic E-state index is -0.490. The SMILES string of the molecule is COc1ccc(-c2cc(=O)n(CCNC(=O)CN3C(=O)c4ccccc4C3=O)cn2)cc1. The minimum absolute atomic E-state index is 0.144. The Balaban J connectivity index is 1.32. The maximum Gasteiger partial charge on any atom is 0.262 e. The average molecular weight is 432 g/mol. The Bertz CT molecular complexity index is 1210. The highest BCUT2D eigenvalue weighted by atomic mass is 16.5. The van der Waals surface area contributed by atoms with Gasteiger partial charge in [0.05, 0.1) is 30.3 Å². The maximum absolute atomic E-state index is 12.4. The summed E-state index contributed by atoms with van der Waals surface area (Å²) in [5.41, 5.74) is 1.63. The van der Waals surface area contributed by atoms with E-state index in [1.807, 2.05) is 12.1 Å². The number of fused-ring (bicyclic) bond motifs is 1. The number of amides is 3. The molecular weight excluding hydrogens is 412 g/mol. The molecule has 0 aliphatic carbocycles. The normalized spacial score (nSPS) is 12.6. The van der Waals surface area contributed by atoms with Crippen LogP contribution in [0.25, 0.3) is 11.3 Å². The molecular formula is C23H20N4O5. The Labute approximate surface area is 183 Å². The third-order valence-corrected chi connectivity index (χ3v) is 5.12. The fraction of sp³-hybridized carbons (Fsp3) is 0.174. The number of imide groups is 1. The number of carbonyl (C=O) groups is 3. The summed E-state index contributed by atoms with van der Waals surface area (Å²) in [4.78, 5) is 54.5. The molecule has 1 aliphatic heterocycles. The van der Waals surface area contributed by atoms with Crippen LogP contribution in [0.3, 0.4) is 0 Å². The van der Waals surface area contributed by atoms with Gasteiger partial charge in [0, 0.05) is 24.7 Å². The Morgan fingerprint density at radius 2 is 1.66 bits per heavy atom. The van der Waals surface area contributed by atoms with Crippen molar-refractivity contribution in [3.63, 3.8) is 0 Å². The summed E-state index contributed by atoms with van der Waals surface area (Å²) in [6.45, 7) is -0.0377. The predicted octanol–water partition coefficient (Wildman–Crippen LogP) is 1.33. The van der Waals surface area contributed by atoms with Crippen LogP contribution in [0.2, 0.25) is 0 Å². The van der Waals surface area contributed by atoms with Crippen LogP contribution >= 0.6 is 0 Å². The van der Waals surface area contributed by atoms with Crippen LogP contribution in [0, 0.1) is 0 Å². The topological polar surface area (TPSA) is 111 Å². The highest BCUT2D eigenvalue weighted by molar-refractivity contribution is 6.22. The zero-order valence-corrected chi connectivity index (χ0v) is 17.3. The van der Waals surface area contributed by atoms with Gasteiger partial charge in [-0.2, -0.15) is 0 Å². The first kappa shape index (κ1) is 21.0. The number of hydrogen-bond donors (Lipinski definition) is 1. The number of methoxy groups -OCH3 is 1. The molecule has 0 saturated carbocycles. The van der Waals surface area contributed by atoms with Crippen molar-refractivity contribution in [3.8, 4) is 17.0 Å². The molecule has 3 aromatic rings. The molecule has 0 fully saturated rings. The molecule has 2 heterocycles. The summed E-state index contributed by atoms with van der Waals surface area (Å²) >= 11 is 0. The van der Waals surface area contributed by atoms with Crippen molar-refractivity contribution < 1.29 is 19.1 Å². The number of nitrogens with zero attached hydrogens (tertiary/aromatic N) is 3. The Hall–Kier alpha value is -4.27. The molecule has 2 aromatic carbocycles. The second-order valence-electron chi connectivity index (χ2n) is 7.13. The second kappa shape index (κ2) is 8.84. The van der Waals surface area contributed by atoms with Gasteiger partial charge >= 0.3 is 0 Å². The molecule has 9 nitrogen and oxygen atoms in total. The van der Waals surface area contributed by atoms with Crippen LogP contribution in [0.15, 0.2) is 65.7 Å². The van der Waals surface area contributed by atoms with Crippen LogP contribution in [0.1, 0.15) is 20.7 Å². The van der Waals surface area contributed by atoms with Crippen LogP contribution in [0.5, 0.6) is 5.75 Å². The number of ether oxygens (including phenoxy) is 1. The van der Waals surface area contributed by atoms with Gasteiger partial charge in [0.25, 0.3) is 17.4 Å². The monoisotopic (exact) mass is 432 g/mol. The molecule has 0 bridgehead atoms. The summed E-state index contributed by atoms with van der Waals surface area (Å²) in [7, 11) is 1.58. The lowest BCUT2D eigenvalue weighted by Gasteiger charge is -2.14. The fourth-order valence-corrected chi connectivity index (χ4v) is 3.41. The van der Waals surface area contributed by atoms with Gasteiger partial charge in [0.15, 0.2) is 0 Å². The van der Waals surface area contributed by atoms with Crippen molar-refractivity contribution in [1.82, 2.24) is 19.8 Å². The summed E-state index contributed by atoms with van der Waals surface area (Å²) in [6, 6.07) is 15.1. The molecule has 4 rings (SSSR count). The molecule has 1 aliphatic rings. The third-order valence-electron chi connectivity index (χ3n) is 5.12. The third kappa shape index (κ3) is 4.13. The Kier molecular flexibility index (Phi) is 5.80. The molecule has 0 unspecified atom stereocenters. The first-order valence-corrected chi connectivity index (χ1v) is 9.91. The minimum Gasteiger partial charge on any atom is -0.497 e. The van der Waals surface area contributed by atoms with Gasteiger partial charge < -0.3 is 10.1 Å². The van der Waals surface area contributed by atoms with Crippen LogP contribution in [0.4, 0.5) is 0 Å². The van der Waals surface area contributed by atoms with E-state index in [2.05, 4.69) is 10.3 Å². The number of carbonyl (C=O) groups excluding carboxylic acids is 3. The van der Waals surface area contributed by atoms with Crippen molar-refractivity contribution in [2.75, 3.05) is 20.2 Å². The second-order valence-corrected chi connectivity index (χ2v) is 7.13. The van der Waals surface area contributed by atoms with E-state index >= 15 is 0 Å². The fourth-order valence-electron chi connectivity index (χ4n) is 3.41. The lowest BCUT2D eigenvalue weighted by Crippen LogP contribution is -2.41. The summed E-state index contributed by atoms with van der Waals surface area (Å²) < 4.78 is 6.49. The molecule has 0 atom stereocenters. The summed E-state index contributed by atoms with van der Waals surface area (Å²) in [5.74, 6) is -0.764. The van der Waals surface area contributed by atoms with Crippen molar-refractivity contribution in [3.05, 3.63) is 82.4 Å². The van der Waals surface area contributed by atoms with Crippen molar-refractivity contribution in [1.29, 1.82) is 0 Å². The Morgan fingerprint density at radius 1 is 1.00 bits per heavy atom. The van der Waals surface area contributed by atoms with Gasteiger partial charge in [-0.3, -0.25) is 28.6 Å². The standard InChI is InChI=1S/C23H20N4O5/c1-32-16-8-6-15(7-9-16)19-12-21(29)26(14-25-19)11-10-24-20(28)13-27-22(30)17-4-2-3-5-18(17)23(27)31/h2-9,12,14H,10-11,13H2,1H3,(H,24,28). The Morgan fingerprint density at radius 3 is 2.25 bits per heavy atom. The summed E-state index contributed by atoms with van der Waals surface area (Å²) in [6.07, 6.45) is 1.41. The number of nitrogens with one attached hydrogen (secondary N) is 1. The van der Waals surface area contributed by atoms with Gasteiger partial charge in [0.1, 0.15) is 12.3 Å². The smallest absolute Gasteiger partial charge is 0.262 e. The number of aromatic nitrogens is 2.